The Morgan fingerprint density at radius 1 is 1.38 bits per heavy atom. The van der Waals surface area contributed by atoms with E-state index in [1.165, 1.54) is 24.3 Å². The third-order valence-corrected chi connectivity index (χ3v) is 2.56. The maximum atomic E-state index is 10.7. The molecule has 0 spiro atoms. The van der Waals surface area contributed by atoms with Gasteiger partial charge in [0.2, 0.25) is 0 Å². The molecule has 1 aromatic carbocycles. The van der Waals surface area contributed by atoms with Gasteiger partial charge in [0, 0.05) is 5.69 Å². The predicted octanol–water partition coefficient (Wildman–Crippen LogP) is 0.490. The molecule has 4 N–H and O–H groups in total. The van der Waals surface area contributed by atoms with E-state index < -0.39 is 22.1 Å². The minimum Gasteiger partial charge on any atom is -0.481 e. The van der Waals surface area contributed by atoms with Crippen LogP contribution in [0.1, 0.15) is 18.4 Å². The summed E-state index contributed by atoms with van der Waals surface area (Å²) in [5, 5.41) is 13.5. The van der Waals surface area contributed by atoms with Gasteiger partial charge < -0.3 is 5.11 Å². The first-order valence-corrected chi connectivity index (χ1v) is 5.97. The lowest BCUT2D eigenvalue weighted by atomic mass is 10.0. The van der Waals surface area contributed by atoms with Crippen molar-refractivity contribution in [3.63, 3.8) is 0 Å². The second-order valence-electron chi connectivity index (χ2n) is 3.33. The van der Waals surface area contributed by atoms with Gasteiger partial charge in [0.15, 0.2) is 0 Å². The summed E-state index contributed by atoms with van der Waals surface area (Å²) in [5.41, 5.74) is 0.885. The second kappa shape index (κ2) is 4.50. The van der Waals surface area contributed by atoms with Gasteiger partial charge in [-0.3, -0.25) is 9.52 Å². The van der Waals surface area contributed by atoms with Crippen LogP contribution in [0.15, 0.2) is 24.3 Å². The summed E-state index contributed by atoms with van der Waals surface area (Å²) in [4.78, 5) is 10.7. The van der Waals surface area contributed by atoms with Gasteiger partial charge in [-0.05, 0) is 24.6 Å². The predicted molar refractivity (Wildman–Crippen MR) is 59.2 cm³/mol. The highest BCUT2D eigenvalue weighted by molar-refractivity contribution is 7.90. The van der Waals surface area contributed by atoms with Crippen molar-refractivity contribution in [1.82, 2.24) is 0 Å². The maximum Gasteiger partial charge on any atom is 0.310 e. The summed E-state index contributed by atoms with van der Waals surface area (Å²) in [6.45, 7) is 1.55. The van der Waals surface area contributed by atoms with Crippen molar-refractivity contribution in [2.24, 2.45) is 5.14 Å². The topological polar surface area (TPSA) is 109 Å². The van der Waals surface area contributed by atoms with Crippen LogP contribution < -0.4 is 9.86 Å². The smallest absolute Gasteiger partial charge is 0.310 e. The molecule has 0 amide bonds. The first-order chi connectivity index (χ1) is 7.29. The molecule has 1 aromatic rings. The molecular weight excluding hydrogens is 232 g/mol. The fourth-order valence-electron chi connectivity index (χ4n) is 1.15. The monoisotopic (exact) mass is 244 g/mol. The zero-order chi connectivity index (χ0) is 12.3. The van der Waals surface area contributed by atoms with E-state index in [0.29, 0.717) is 11.3 Å². The van der Waals surface area contributed by atoms with Crippen molar-refractivity contribution in [3.8, 4) is 0 Å². The first kappa shape index (κ1) is 12.5. The fourth-order valence-corrected chi connectivity index (χ4v) is 1.61. The molecule has 7 heteroatoms. The van der Waals surface area contributed by atoms with E-state index in [1.54, 1.807) is 6.92 Å². The normalized spacial score (nSPS) is 13.1. The molecule has 1 unspecified atom stereocenters. The first-order valence-electron chi connectivity index (χ1n) is 4.43. The number of carboxylic acid groups (broad SMARTS) is 1. The van der Waals surface area contributed by atoms with Crippen LogP contribution in [-0.2, 0) is 15.0 Å². The molecule has 16 heavy (non-hydrogen) atoms. The van der Waals surface area contributed by atoms with E-state index in [2.05, 4.69) is 4.72 Å². The molecule has 0 aliphatic rings. The Kier molecular flexibility index (Phi) is 3.51. The van der Waals surface area contributed by atoms with Crippen molar-refractivity contribution in [3.05, 3.63) is 29.8 Å². The highest BCUT2D eigenvalue weighted by Gasteiger charge is 2.13. The number of nitrogens with two attached hydrogens (primary N) is 1. The van der Waals surface area contributed by atoms with Crippen molar-refractivity contribution >= 4 is 21.9 Å². The Labute approximate surface area is 93.3 Å². The second-order valence-corrected chi connectivity index (χ2v) is 4.62. The molecule has 0 aliphatic carbocycles. The quantitative estimate of drug-likeness (QED) is 0.715. The van der Waals surface area contributed by atoms with Gasteiger partial charge in [0.1, 0.15) is 0 Å². The number of aliphatic carboxylic acids is 1. The average molecular weight is 244 g/mol. The summed E-state index contributed by atoms with van der Waals surface area (Å²) in [7, 11) is -3.79. The highest BCUT2D eigenvalue weighted by Crippen LogP contribution is 2.18. The maximum absolute atomic E-state index is 10.7. The zero-order valence-electron chi connectivity index (χ0n) is 8.54. The lowest BCUT2D eigenvalue weighted by Gasteiger charge is -2.08. The SMILES string of the molecule is CC(C(=O)O)c1ccc(NS(N)(=O)=O)cc1. The molecule has 0 aliphatic heterocycles. The minimum absolute atomic E-state index is 0.295. The van der Waals surface area contributed by atoms with Crippen LogP contribution in [0.2, 0.25) is 0 Å². The van der Waals surface area contributed by atoms with Crippen LogP contribution in [0, 0.1) is 0 Å². The van der Waals surface area contributed by atoms with Crippen LogP contribution in [0.4, 0.5) is 5.69 Å². The lowest BCUT2D eigenvalue weighted by molar-refractivity contribution is -0.138. The summed E-state index contributed by atoms with van der Waals surface area (Å²) in [6.07, 6.45) is 0. The van der Waals surface area contributed by atoms with Crippen molar-refractivity contribution in [2.45, 2.75) is 12.8 Å². The van der Waals surface area contributed by atoms with Crippen LogP contribution in [0.25, 0.3) is 0 Å². The van der Waals surface area contributed by atoms with E-state index >= 15 is 0 Å². The van der Waals surface area contributed by atoms with Gasteiger partial charge >= 0.3 is 5.97 Å². The highest BCUT2D eigenvalue weighted by atomic mass is 32.2. The summed E-state index contributed by atoms with van der Waals surface area (Å²) >= 11 is 0. The van der Waals surface area contributed by atoms with Crippen LogP contribution in [-0.4, -0.2) is 19.5 Å². The standard InChI is InChI=1S/C9H12N2O4S/c1-6(9(12)13)7-2-4-8(5-3-7)11-16(10,14)15/h2-6,11H,1H3,(H,12,13)(H2,10,14,15). The average Bonchev–Trinajstić information content (AvgIpc) is 2.15. The lowest BCUT2D eigenvalue weighted by Crippen LogP contribution is -2.21. The Hall–Kier alpha value is -1.60. The van der Waals surface area contributed by atoms with Crippen molar-refractivity contribution in [1.29, 1.82) is 0 Å². The molecule has 1 atom stereocenters. The number of hydrogen-bond donors (Lipinski definition) is 3. The molecule has 0 radical (unpaired) electrons. The molecule has 88 valence electrons. The van der Waals surface area contributed by atoms with Crippen molar-refractivity contribution < 1.29 is 18.3 Å². The molecule has 0 bridgehead atoms. The van der Waals surface area contributed by atoms with E-state index in [1.807, 2.05) is 0 Å². The van der Waals surface area contributed by atoms with Crippen LogP contribution >= 0.6 is 0 Å². The summed E-state index contributed by atoms with van der Waals surface area (Å²) in [5.74, 6) is -1.57. The van der Waals surface area contributed by atoms with Gasteiger partial charge in [-0.25, -0.2) is 5.14 Å². The van der Waals surface area contributed by atoms with Gasteiger partial charge in [-0.2, -0.15) is 8.42 Å². The Balaban J connectivity index is 2.87. The molecule has 0 aromatic heterocycles. The van der Waals surface area contributed by atoms with Crippen molar-refractivity contribution in [2.75, 3.05) is 4.72 Å². The van der Waals surface area contributed by atoms with Gasteiger partial charge in [-0.1, -0.05) is 12.1 Å². The molecule has 6 nitrogen and oxygen atoms in total. The molecule has 0 fully saturated rings. The number of rotatable bonds is 4. The Morgan fingerprint density at radius 2 is 1.88 bits per heavy atom. The van der Waals surface area contributed by atoms with Crippen LogP contribution in [0.3, 0.4) is 0 Å². The van der Waals surface area contributed by atoms with E-state index in [-0.39, 0.29) is 0 Å². The Morgan fingerprint density at radius 3 is 2.25 bits per heavy atom. The Bertz CT molecular complexity index is 481. The van der Waals surface area contributed by atoms with E-state index in [9.17, 15) is 13.2 Å². The number of anilines is 1. The molecule has 0 saturated carbocycles. The third kappa shape index (κ3) is 3.52. The summed E-state index contributed by atoms with van der Waals surface area (Å²) in [6, 6.07) is 5.98. The molecule has 0 heterocycles. The number of nitrogens with one attached hydrogen (secondary N) is 1. The van der Waals surface area contributed by atoms with Gasteiger partial charge in [0.25, 0.3) is 10.2 Å². The summed E-state index contributed by atoms with van der Waals surface area (Å²) < 4.78 is 23.5. The van der Waals surface area contributed by atoms with Gasteiger partial charge in [-0.15, -0.1) is 0 Å². The van der Waals surface area contributed by atoms with E-state index in [0.717, 1.165) is 0 Å². The van der Waals surface area contributed by atoms with Crippen LogP contribution in [0.5, 0.6) is 0 Å². The molecular formula is C9H12N2O4S. The number of carbonyl (C=O) groups is 1. The zero-order valence-corrected chi connectivity index (χ0v) is 9.36. The minimum atomic E-state index is -3.79. The number of benzene rings is 1. The molecule has 0 saturated heterocycles. The number of hydrogen-bond acceptors (Lipinski definition) is 3. The van der Waals surface area contributed by atoms with Gasteiger partial charge in [0.05, 0.1) is 5.92 Å². The largest absolute Gasteiger partial charge is 0.481 e. The van der Waals surface area contributed by atoms with E-state index in [4.69, 9.17) is 10.2 Å². The number of carboxylic acids is 1. The third-order valence-electron chi connectivity index (χ3n) is 2.04. The molecule has 1 rings (SSSR count). The fraction of sp³-hybridized carbons (Fsp3) is 0.222.